The fraction of sp³-hybridized carbons (Fsp3) is 0.471. The van der Waals surface area contributed by atoms with Crippen molar-refractivity contribution in [2.24, 2.45) is 5.14 Å². The lowest BCUT2D eigenvalue weighted by atomic mass is 9.97. The van der Waals surface area contributed by atoms with Crippen molar-refractivity contribution >= 4 is 20.0 Å². The van der Waals surface area contributed by atoms with Crippen LogP contribution in [0.15, 0.2) is 70.7 Å². The first-order valence-electron chi connectivity index (χ1n) is 16.5. The third-order valence-electron chi connectivity index (χ3n) is 8.65. The van der Waals surface area contributed by atoms with Crippen molar-refractivity contribution in [3.63, 3.8) is 0 Å². The highest BCUT2D eigenvalue weighted by Gasteiger charge is 2.44. The van der Waals surface area contributed by atoms with Gasteiger partial charge in [0.05, 0.1) is 52.0 Å². The molecule has 18 heteroatoms. The zero-order valence-corrected chi connectivity index (χ0v) is 31.6. The summed E-state index contributed by atoms with van der Waals surface area (Å²) in [5.41, 5.74) is 0.0472. The smallest absolute Gasteiger partial charge is 0.263 e. The van der Waals surface area contributed by atoms with Crippen LogP contribution in [0.1, 0.15) is 62.3 Å². The van der Waals surface area contributed by atoms with Gasteiger partial charge < -0.3 is 29.2 Å². The Bertz CT molecular complexity index is 2000. The molecule has 0 amide bonds. The number of ether oxygens (including phenoxy) is 4. The first-order valence-corrected chi connectivity index (χ1v) is 19.5. The zero-order valence-electron chi connectivity index (χ0n) is 30.0. The van der Waals surface area contributed by atoms with E-state index in [2.05, 4.69) is 10.2 Å². The topological polar surface area (TPSA) is 211 Å². The lowest BCUT2D eigenvalue weighted by Crippen LogP contribution is -2.48. The third-order valence-corrected chi connectivity index (χ3v) is 11.1. The maximum absolute atomic E-state index is 13.9. The van der Waals surface area contributed by atoms with Gasteiger partial charge in [0, 0.05) is 37.3 Å². The Morgan fingerprint density at radius 2 is 1.10 bits per heavy atom. The van der Waals surface area contributed by atoms with Crippen molar-refractivity contribution in [1.82, 2.24) is 23.9 Å². The minimum absolute atomic E-state index is 0.0786. The summed E-state index contributed by atoms with van der Waals surface area (Å²) in [5.74, 6) is 1.38. The Balaban J connectivity index is 0.000000257. The summed E-state index contributed by atoms with van der Waals surface area (Å²) in [6.45, 7) is 8.21. The van der Waals surface area contributed by atoms with Crippen LogP contribution in [-0.4, -0.2) is 91.6 Å². The van der Waals surface area contributed by atoms with Crippen LogP contribution in [0.4, 0.5) is 0 Å². The van der Waals surface area contributed by atoms with Crippen LogP contribution in [-0.2, 0) is 53.8 Å². The summed E-state index contributed by atoms with van der Waals surface area (Å²) >= 11 is 0. The fourth-order valence-corrected chi connectivity index (χ4v) is 7.44. The number of hydrogen-bond donors (Lipinski definition) is 3. The van der Waals surface area contributed by atoms with Crippen LogP contribution in [0.3, 0.4) is 0 Å². The second-order valence-corrected chi connectivity index (χ2v) is 16.8. The number of aromatic nitrogens is 4. The monoisotopic (exact) mass is 762 g/mol. The van der Waals surface area contributed by atoms with Crippen LogP contribution >= 0.6 is 0 Å². The molecule has 2 fully saturated rings. The average molecular weight is 763 g/mol. The maximum Gasteiger partial charge on any atom is 0.263 e. The van der Waals surface area contributed by atoms with Gasteiger partial charge in [0.1, 0.15) is 11.5 Å². The van der Waals surface area contributed by atoms with Crippen molar-refractivity contribution < 1.29 is 46.0 Å². The highest BCUT2D eigenvalue weighted by Crippen LogP contribution is 2.34. The van der Waals surface area contributed by atoms with Gasteiger partial charge in [-0.3, -0.25) is 9.36 Å². The minimum Gasteiger partial charge on any atom is -0.497 e. The number of primary sulfonamides is 1. The molecule has 2 aliphatic heterocycles. The van der Waals surface area contributed by atoms with E-state index in [9.17, 15) is 27.0 Å². The van der Waals surface area contributed by atoms with E-state index in [-0.39, 0.29) is 61.7 Å². The summed E-state index contributed by atoms with van der Waals surface area (Å²) in [7, 11) is -4.72. The zero-order chi connectivity index (χ0) is 38.1. The Morgan fingerprint density at radius 1 is 0.731 bits per heavy atom. The van der Waals surface area contributed by atoms with E-state index in [0.717, 1.165) is 11.1 Å². The number of aliphatic hydroxyl groups is 2. The first kappa shape index (κ1) is 39.3. The second kappa shape index (κ2) is 15.2. The van der Waals surface area contributed by atoms with Gasteiger partial charge in [-0.25, -0.2) is 22.0 Å². The van der Waals surface area contributed by atoms with Gasteiger partial charge >= 0.3 is 0 Å². The normalized spacial score (nSPS) is 16.6. The molecule has 16 nitrogen and oxygen atoms in total. The van der Waals surface area contributed by atoms with E-state index < -0.39 is 31.2 Å². The maximum atomic E-state index is 13.9. The Labute approximate surface area is 303 Å². The van der Waals surface area contributed by atoms with E-state index in [1.807, 2.05) is 52.0 Å². The fourth-order valence-electron chi connectivity index (χ4n) is 5.61. The van der Waals surface area contributed by atoms with E-state index >= 15 is 0 Å². The molecule has 4 N–H and O–H groups in total. The van der Waals surface area contributed by atoms with E-state index in [4.69, 9.17) is 24.1 Å². The molecule has 6 rings (SSSR count). The number of sulfonamides is 2. The summed E-state index contributed by atoms with van der Waals surface area (Å²) in [5, 5.41) is 34.1. The van der Waals surface area contributed by atoms with Crippen LogP contribution in [0, 0.1) is 0 Å². The van der Waals surface area contributed by atoms with Gasteiger partial charge in [0.25, 0.3) is 20.0 Å². The van der Waals surface area contributed by atoms with Crippen molar-refractivity contribution in [1.29, 1.82) is 0 Å². The predicted octanol–water partition coefficient (Wildman–Crippen LogP) is 2.42. The minimum atomic E-state index is -4.02. The molecule has 2 aromatic heterocycles. The third kappa shape index (κ3) is 8.34. The Morgan fingerprint density at radius 3 is 1.40 bits per heavy atom. The molecular formula is C34H46N6O10S2. The van der Waals surface area contributed by atoms with Crippen molar-refractivity contribution in [2.75, 3.05) is 40.6 Å². The Kier molecular flexibility index (Phi) is 11.5. The van der Waals surface area contributed by atoms with Crippen molar-refractivity contribution in [3.05, 3.63) is 83.2 Å². The number of methoxy groups -OCH3 is 2. The molecule has 4 aromatic rings. The van der Waals surface area contributed by atoms with E-state index in [0.29, 0.717) is 22.9 Å². The molecule has 0 spiro atoms. The van der Waals surface area contributed by atoms with Gasteiger partial charge in [-0.15, -0.1) is 0 Å². The molecule has 0 saturated carbocycles. The summed E-state index contributed by atoms with van der Waals surface area (Å²) < 4.78 is 75.3. The predicted molar refractivity (Wildman–Crippen MR) is 188 cm³/mol. The second-order valence-electron chi connectivity index (χ2n) is 13.4. The summed E-state index contributed by atoms with van der Waals surface area (Å²) in [6, 6.07) is 17.1. The molecule has 0 aliphatic carbocycles. The van der Waals surface area contributed by atoms with Gasteiger partial charge in [0.15, 0.2) is 21.3 Å². The molecule has 0 unspecified atom stereocenters. The van der Waals surface area contributed by atoms with Crippen molar-refractivity contribution in [2.45, 2.75) is 74.1 Å². The highest BCUT2D eigenvalue weighted by molar-refractivity contribution is 7.89. The summed E-state index contributed by atoms with van der Waals surface area (Å²) in [4.78, 5) is 0. The first-order chi connectivity index (χ1) is 24.4. The molecule has 0 radical (unpaired) electrons. The van der Waals surface area contributed by atoms with Crippen LogP contribution in [0.5, 0.6) is 11.5 Å². The van der Waals surface area contributed by atoms with E-state index in [1.165, 1.54) is 21.1 Å². The number of rotatable bonds is 13. The quantitative estimate of drug-likeness (QED) is 0.179. The van der Waals surface area contributed by atoms with Crippen LogP contribution < -0.4 is 14.6 Å². The molecule has 52 heavy (non-hydrogen) atoms. The highest BCUT2D eigenvalue weighted by atomic mass is 32.2. The standard InChI is InChI=1S/C25H31N3O6S.C9H15N3O4S/c1-18(2)28-23(25(29)16-34-17-25)13-24(26-28)35(30,31)27(14-19-5-9-21(32-3)10-6-19)15-20-7-11-22(33-4)12-8-20;1-6(2)12-7(9(13)4-16-5-9)3-8(11-12)17(10,14)15/h5-13,18,29H,14-17H2,1-4H3;3,6,13H,4-5H2,1-2H3,(H2,10,14,15). The molecule has 2 aromatic carbocycles. The molecule has 0 bridgehead atoms. The van der Waals surface area contributed by atoms with Crippen LogP contribution in [0.25, 0.3) is 0 Å². The number of hydrogen-bond acceptors (Lipinski definition) is 12. The Hall–Kier alpha value is -3.88. The molecule has 0 atom stereocenters. The molecule has 4 heterocycles. The molecule has 284 valence electrons. The van der Waals surface area contributed by atoms with Crippen LogP contribution in [0.2, 0.25) is 0 Å². The lowest BCUT2D eigenvalue weighted by molar-refractivity contribution is -0.189. The SMILES string of the molecule is CC(C)n1nc(S(N)(=O)=O)cc1C1(O)COC1.COc1ccc(CN(Cc2ccc(OC)cc2)S(=O)(=O)c2cc(C3(O)COC3)n(C(C)C)n2)cc1. The lowest BCUT2D eigenvalue weighted by Gasteiger charge is -2.36. The van der Waals surface area contributed by atoms with Crippen molar-refractivity contribution in [3.8, 4) is 11.5 Å². The summed E-state index contributed by atoms with van der Waals surface area (Å²) in [6.07, 6.45) is 0. The molecule has 2 saturated heterocycles. The number of nitrogens with two attached hydrogens (primary N) is 1. The van der Waals surface area contributed by atoms with Gasteiger partial charge in [0.2, 0.25) is 0 Å². The molecular weight excluding hydrogens is 717 g/mol. The largest absolute Gasteiger partial charge is 0.497 e. The van der Waals surface area contributed by atoms with Gasteiger partial charge in [-0.05, 0) is 63.1 Å². The molecule has 2 aliphatic rings. The average Bonchev–Trinajstić information content (AvgIpc) is 3.74. The number of nitrogens with zero attached hydrogens (tertiary/aromatic N) is 5. The van der Waals surface area contributed by atoms with Gasteiger partial charge in [-0.1, -0.05) is 24.3 Å². The number of benzene rings is 2. The van der Waals surface area contributed by atoms with Gasteiger partial charge in [-0.2, -0.15) is 14.5 Å². The van der Waals surface area contributed by atoms with E-state index in [1.54, 1.807) is 43.2 Å².